The normalized spacial score (nSPS) is 16.8. The van der Waals surface area contributed by atoms with Crippen LogP contribution >= 0.6 is 0 Å². The van der Waals surface area contributed by atoms with Crippen molar-refractivity contribution in [1.82, 2.24) is 4.98 Å². The summed E-state index contributed by atoms with van der Waals surface area (Å²) in [7, 11) is 0. The maximum atomic E-state index is 9.98. The Hall–Kier alpha value is -3.96. The summed E-state index contributed by atoms with van der Waals surface area (Å²) in [6, 6.07) is 19.9. The monoisotopic (exact) mass is 352 g/mol. The summed E-state index contributed by atoms with van der Waals surface area (Å²) >= 11 is 0. The minimum Gasteiger partial charge on any atom is -0.439 e. The number of para-hydroxylation sites is 1. The van der Waals surface area contributed by atoms with Crippen LogP contribution in [0.1, 0.15) is 22.6 Å². The molecule has 5 nitrogen and oxygen atoms in total. The minimum atomic E-state index is -0.557. The molecule has 0 radical (unpaired) electrons. The van der Waals surface area contributed by atoms with E-state index in [1.165, 1.54) is 0 Å². The van der Waals surface area contributed by atoms with Crippen molar-refractivity contribution in [2.45, 2.75) is 12.8 Å². The van der Waals surface area contributed by atoms with Crippen LogP contribution in [0.25, 0.3) is 16.7 Å². The molecule has 27 heavy (non-hydrogen) atoms. The lowest BCUT2D eigenvalue weighted by Gasteiger charge is -2.26. The summed E-state index contributed by atoms with van der Waals surface area (Å²) in [5, 5.41) is 20.6. The van der Waals surface area contributed by atoms with E-state index in [-0.39, 0.29) is 11.5 Å². The van der Waals surface area contributed by atoms with Crippen LogP contribution in [0.2, 0.25) is 0 Å². The molecular formula is C22H16N4O. The van der Waals surface area contributed by atoms with E-state index in [1.807, 2.05) is 55.5 Å². The first-order valence-corrected chi connectivity index (χ1v) is 8.49. The second-order valence-corrected chi connectivity index (χ2v) is 6.38. The van der Waals surface area contributed by atoms with E-state index in [0.29, 0.717) is 11.3 Å². The fourth-order valence-electron chi connectivity index (χ4n) is 3.55. The van der Waals surface area contributed by atoms with Gasteiger partial charge >= 0.3 is 0 Å². The number of benzene rings is 2. The SMILES string of the molecule is Cc1ccccc1C1C(C#N)=C(N)OC(c2c[nH]c3ccccc23)=C1C#N. The van der Waals surface area contributed by atoms with E-state index in [0.717, 1.165) is 27.6 Å². The number of nitrogens with one attached hydrogen (secondary N) is 1. The number of aromatic amines is 1. The summed E-state index contributed by atoms with van der Waals surface area (Å²) in [5.41, 5.74) is 10.3. The molecule has 1 unspecified atom stereocenters. The van der Waals surface area contributed by atoms with Crippen molar-refractivity contribution in [3.05, 3.63) is 88.4 Å². The quantitative estimate of drug-likeness (QED) is 0.721. The molecule has 0 aliphatic carbocycles. The Kier molecular flexibility index (Phi) is 3.91. The predicted molar refractivity (Wildman–Crippen MR) is 103 cm³/mol. The van der Waals surface area contributed by atoms with Gasteiger partial charge in [-0.3, -0.25) is 0 Å². The van der Waals surface area contributed by atoms with Gasteiger partial charge in [-0.1, -0.05) is 42.5 Å². The Labute approximate surface area is 156 Å². The number of rotatable bonds is 2. The Morgan fingerprint density at radius 2 is 1.70 bits per heavy atom. The lowest BCUT2D eigenvalue weighted by molar-refractivity contribution is 0.358. The number of ether oxygens (including phenoxy) is 1. The number of aryl methyl sites for hydroxylation is 1. The zero-order valence-corrected chi connectivity index (χ0v) is 14.7. The number of H-pyrrole nitrogens is 1. The molecule has 2 aromatic carbocycles. The number of hydrogen-bond donors (Lipinski definition) is 2. The first-order valence-electron chi connectivity index (χ1n) is 8.49. The van der Waals surface area contributed by atoms with Crippen LogP contribution in [-0.2, 0) is 4.74 Å². The summed E-state index contributed by atoms with van der Waals surface area (Å²) in [4.78, 5) is 3.19. The molecule has 0 bridgehead atoms. The van der Waals surface area contributed by atoms with E-state index in [1.54, 1.807) is 6.20 Å². The van der Waals surface area contributed by atoms with Crippen LogP contribution in [0.5, 0.6) is 0 Å². The van der Waals surface area contributed by atoms with Gasteiger partial charge < -0.3 is 15.5 Å². The molecule has 130 valence electrons. The van der Waals surface area contributed by atoms with Crippen molar-refractivity contribution in [1.29, 1.82) is 10.5 Å². The van der Waals surface area contributed by atoms with Gasteiger partial charge in [-0.25, -0.2) is 0 Å². The summed E-state index contributed by atoms with van der Waals surface area (Å²) in [6.07, 6.45) is 1.80. The highest BCUT2D eigenvalue weighted by atomic mass is 16.5. The predicted octanol–water partition coefficient (Wildman–Crippen LogP) is 4.22. The lowest BCUT2D eigenvalue weighted by atomic mass is 9.81. The van der Waals surface area contributed by atoms with Crippen LogP contribution in [0.3, 0.4) is 0 Å². The topological polar surface area (TPSA) is 98.6 Å². The molecule has 0 fully saturated rings. The third kappa shape index (κ3) is 2.54. The van der Waals surface area contributed by atoms with Crippen LogP contribution in [0.15, 0.2) is 71.8 Å². The van der Waals surface area contributed by atoms with E-state index in [9.17, 15) is 10.5 Å². The Bertz CT molecular complexity index is 1200. The first-order chi connectivity index (χ1) is 13.2. The summed E-state index contributed by atoms with van der Waals surface area (Å²) < 4.78 is 5.81. The number of fused-ring (bicyclic) bond motifs is 1. The fraction of sp³-hybridized carbons (Fsp3) is 0.0909. The molecule has 0 amide bonds. The number of aromatic nitrogens is 1. The zero-order chi connectivity index (χ0) is 19.0. The number of nitrogens with two attached hydrogens (primary N) is 1. The van der Waals surface area contributed by atoms with Gasteiger partial charge in [0.05, 0.1) is 17.6 Å². The second-order valence-electron chi connectivity index (χ2n) is 6.38. The van der Waals surface area contributed by atoms with Crippen LogP contribution in [0.4, 0.5) is 0 Å². The number of hydrogen-bond acceptors (Lipinski definition) is 4. The van der Waals surface area contributed by atoms with Crippen molar-refractivity contribution >= 4 is 16.7 Å². The van der Waals surface area contributed by atoms with Crippen molar-refractivity contribution < 1.29 is 4.74 Å². The van der Waals surface area contributed by atoms with Crippen LogP contribution in [0, 0.1) is 29.6 Å². The molecule has 4 rings (SSSR count). The summed E-state index contributed by atoms with van der Waals surface area (Å²) in [6.45, 7) is 1.95. The molecule has 0 saturated carbocycles. The molecule has 0 saturated heterocycles. The van der Waals surface area contributed by atoms with Crippen molar-refractivity contribution in [3.8, 4) is 12.1 Å². The molecule has 3 N–H and O–H groups in total. The Balaban J connectivity index is 2.01. The maximum Gasteiger partial charge on any atom is 0.205 e. The zero-order valence-electron chi connectivity index (χ0n) is 14.7. The molecule has 2 heterocycles. The highest BCUT2D eigenvalue weighted by molar-refractivity contribution is 5.93. The number of nitrogens with zero attached hydrogens (tertiary/aromatic N) is 2. The number of allylic oxidation sites excluding steroid dienone is 2. The van der Waals surface area contributed by atoms with Gasteiger partial charge in [0.25, 0.3) is 0 Å². The van der Waals surface area contributed by atoms with Gasteiger partial charge in [0.2, 0.25) is 5.88 Å². The van der Waals surface area contributed by atoms with Gasteiger partial charge in [-0.15, -0.1) is 0 Å². The molecule has 1 aromatic heterocycles. The molecule has 0 spiro atoms. The highest BCUT2D eigenvalue weighted by Crippen LogP contribution is 2.43. The third-order valence-electron chi connectivity index (χ3n) is 4.87. The maximum absolute atomic E-state index is 9.98. The van der Waals surface area contributed by atoms with Gasteiger partial charge in [0, 0.05) is 22.7 Å². The molecule has 5 heteroatoms. The first kappa shape index (κ1) is 16.5. The van der Waals surface area contributed by atoms with Crippen LogP contribution in [-0.4, -0.2) is 4.98 Å². The van der Waals surface area contributed by atoms with E-state index in [4.69, 9.17) is 10.5 Å². The molecule has 1 aliphatic rings. The number of nitriles is 2. The van der Waals surface area contributed by atoms with E-state index in [2.05, 4.69) is 17.1 Å². The van der Waals surface area contributed by atoms with Crippen molar-refractivity contribution in [2.24, 2.45) is 5.73 Å². The minimum absolute atomic E-state index is 0.0324. The van der Waals surface area contributed by atoms with Crippen molar-refractivity contribution in [3.63, 3.8) is 0 Å². The molecule has 1 aliphatic heterocycles. The highest BCUT2D eigenvalue weighted by Gasteiger charge is 2.35. The van der Waals surface area contributed by atoms with E-state index >= 15 is 0 Å². The molecular weight excluding hydrogens is 336 g/mol. The van der Waals surface area contributed by atoms with Gasteiger partial charge in [0.15, 0.2) is 5.76 Å². The summed E-state index contributed by atoms with van der Waals surface area (Å²) in [5.74, 6) is -0.136. The second kappa shape index (κ2) is 6.40. The standard InChI is InChI=1S/C22H16N4O/c1-13-6-2-3-7-14(13)20-16(10-23)21(27-22(25)17(20)11-24)18-12-26-19-9-5-4-8-15(18)19/h2-9,12,20,26H,25H2,1H3. The smallest absolute Gasteiger partial charge is 0.205 e. The lowest BCUT2D eigenvalue weighted by Crippen LogP contribution is -2.20. The van der Waals surface area contributed by atoms with Crippen molar-refractivity contribution in [2.75, 3.05) is 0 Å². The van der Waals surface area contributed by atoms with Gasteiger partial charge in [-0.05, 0) is 24.1 Å². The fourth-order valence-corrected chi connectivity index (χ4v) is 3.55. The van der Waals surface area contributed by atoms with Gasteiger partial charge in [-0.2, -0.15) is 10.5 Å². The van der Waals surface area contributed by atoms with E-state index < -0.39 is 5.92 Å². The largest absolute Gasteiger partial charge is 0.439 e. The average molecular weight is 352 g/mol. The average Bonchev–Trinajstić information content (AvgIpc) is 3.11. The molecule has 1 atom stereocenters. The van der Waals surface area contributed by atoms with Gasteiger partial charge in [0.1, 0.15) is 11.6 Å². The Morgan fingerprint density at radius 3 is 2.44 bits per heavy atom. The van der Waals surface area contributed by atoms with Crippen LogP contribution < -0.4 is 5.73 Å². The Morgan fingerprint density at radius 1 is 1.00 bits per heavy atom. The third-order valence-corrected chi connectivity index (χ3v) is 4.87. The molecule has 3 aromatic rings.